The number of hydrogen-bond acceptors (Lipinski definition) is 4. The van der Waals surface area contributed by atoms with Crippen LogP contribution in [0.25, 0.3) is 0 Å². The number of nitrogen functional groups attached to an aromatic ring is 1. The molecule has 0 radical (unpaired) electrons. The van der Waals surface area contributed by atoms with E-state index in [0.29, 0.717) is 5.69 Å². The second-order valence-electron chi connectivity index (χ2n) is 3.51. The van der Waals surface area contributed by atoms with Crippen LogP contribution in [0.15, 0.2) is 27.6 Å². The number of carbonyl (C=O) groups excluding carboxylic acids is 1. The smallest absolute Gasteiger partial charge is 0.316 e. The van der Waals surface area contributed by atoms with Crippen molar-refractivity contribution in [2.45, 2.75) is 24.8 Å². The summed E-state index contributed by atoms with van der Waals surface area (Å²) in [6.45, 7) is 3.66. The second kappa shape index (κ2) is 6.15. The standard InChI is InChI=1S/C11H14BrNO2S/c1-7(2)15-11(14)6-16-10-4-3-8(12)5-9(10)13/h3-5,7H,6,13H2,1-2H3. The highest BCUT2D eigenvalue weighted by Crippen LogP contribution is 2.27. The monoisotopic (exact) mass is 303 g/mol. The van der Waals surface area contributed by atoms with Crippen molar-refractivity contribution >= 4 is 39.3 Å². The Balaban J connectivity index is 2.51. The van der Waals surface area contributed by atoms with Crippen LogP contribution in [0.5, 0.6) is 0 Å². The van der Waals surface area contributed by atoms with Crippen LogP contribution >= 0.6 is 27.7 Å². The van der Waals surface area contributed by atoms with Gasteiger partial charge in [-0.25, -0.2) is 0 Å². The van der Waals surface area contributed by atoms with Crippen LogP contribution in [0.1, 0.15) is 13.8 Å². The lowest BCUT2D eigenvalue weighted by atomic mass is 10.3. The van der Waals surface area contributed by atoms with Gasteiger partial charge in [0.05, 0.1) is 11.9 Å². The molecule has 0 saturated heterocycles. The van der Waals surface area contributed by atoms with Crippen LogP contribution in [0.4, 0.5) is 5.69 Å². The molecule has 0 spiro atoms. The van der Waals surface area contributed by atoms with E-state index in [1.54, 1.807) is 0 Å². The van der Waals surface area contributed by atoms with Gasteiger partial charge in [-0.3, -0.25) is 4.79 Å². The lowest BCUT2D eigenvalue weighted by molar-refractivity contribution is -0.144. The minimum Gasteiger partial charge on any atom is -0.462 e. The molecule has 88 valence electrons. The van der Waals surface area contributed by atoms with Crippen LogP contribution in [0.2, 0.25) is 0 Å². The Morgan fingerprint density at radius 1 is 1.56 bits per heavy atom. The fourth-order valence-electron chi connectivity index (χ4n) is 1.08. The van der Waals surface area contributed by atoms with Crippen molar-refractivity contribution < 1.29 is 9.53 Å². The Hall–Kier alpha value is -0.680. The van der Waals surface area contributed by atoms with Gasteiger partial charge >= 0.3 is 5.97 Å². The quantitative estimate of drug-likeness (QED) is 0.527. The highest BCUT2D eigenvalue weighted by atomic mass is 79.9. The van der Waals surface area contributed by atoms with Crippen molar-refractivity contribution in [1.82, 2.24) is 0 Å². The van der Waals surface area contributed by atoms with E-state index in [2.05, 4.69) is 15.9 Å². The van der Waals surface area contributed by atoms with Crippen LogP contribution in [0.3, 0.4) is 0 Å². The van der Waals surface area contributed by atoms with Gasteiger partial charge in [0.2, 0.25) is 0 Å². The normalized spacial score (nSPS) is 10.5. The molecule has 0 bridgehead atoms. The van der Waals surface area contributed by atoms with Crippen molar-refractivity contribution in [2.75, 3.05) is 11.5 Å². The zero-order valence-electron chi connectivity index (χ0n) is 9.20. The first-order valence-electron chi connectivity index (χ1n) is 4.86. The summed E-state index contributed by atoms with van der Waals surface area (Å²) in [6.07, 6.45) is -0.0737. The molecule has 0 heterocycles. The zero-order valence-corrected chi connectivity index (χ0v) is 11.6. The van der Waals surface area contributed by atoms with Crippen molar-refractivity contribution in [3.05, 3.63) is 22.7 Å². The van der Waals surface area contributed by atoms with Crippen LogP contribution in [0, 0.1) is 0 Å². The topological polar surface area (TPSA) is 52.3 Å². The van der Waals surface area contributed by atoms with Crippen molar-refractivity contribution in [2.24, 2.45) is 0 Å². The van der Waals surface area contributed by atoms with Gasteiger partial charge in [-0.05, 0) is 32.0 Å². The lowest BCUT2D eigenvalue weighted by Gasteiger charge is -2.08. The third-order valence-electron chi connectivity index (χ3n) is 1.68. The molecule has 0 aliphatic rings. The lowest BCUT2D eigenvalue weighted by Crippen LogP contribution is -2.13. The summed E-state index contributed by atoms with van der Waals surface area (Å²) >= 11 is 4.71. The second-order valence-corrected chi connectivity index (χ2v) is 5.44. The van der Waals surface area contributed by atoms with E-state index < -0.39 is 0 Å². The predicted octanol–water partition coefficient (Wildman–Crippen LogP) is 3.08. The highest BCUT2D eigenvalue weighted by molar-refractivity contribution is 9.10. The molecule has 0 atom stereocenters. The highest BCUT2D eigenvalue weighted by Gasteiger charge is 2.08. The molecule has 0 fully saturated rings. The first-order chi connectivity index (χ1) is 7.49. The Kier molecular flexibility index (Phi) is 5.15. The molecule has 16 heavy (non-hydrogen) atoms. The number of nitrogens with two attached hydrogens (primary N) is 1. The van der Waals surface area contributed by atoms with Crippen LogP contribution < -0.4 is 5.73 Å². The molecule has 1 aromatic carbocycles. The van der Waals surface area contributed by atoms with Crippen LogP contribution in [-0.2, 0) is 9.53 Å². The van der Waals surface area contributed by atoms with Gasteiger partial charge in [-0.1, -0.05) is 15.9 Å². The Morgan fingerprint density at radius 3 is 2.81 bits per heavy atom. The number of esters is 1. The van der Waals surface area contributed by atoms with Gasteiger partial charge in [0.1, 0.15) is 0 Å². The molecule has 2 N–H and O–H groups in total. The molecule has 0 aliphatic carbocycles. The number of rotatable bonds is 4. The molecule has 0 aliphatic heterocycles. The molecule has 3 nitrogen and oxygen atoms in total. The number of ether oxygens (including phenoxy) is 1. The number of hydrogen-bond donors (Lipinski definition) is 1. The van der Waals surface area contributed by atoms with Crippen LogP contribution in [-0.4, -0.2) is 17.8 Å². The summed E-state index contributed by atoms with van der Waals surface area (Å²) in [6, 6.07) is 5.59. The van der Waals surface area contributed by atoms with Gasteiger partial charge in [-0.15, -0.1) is 11.8 Å². The Bertz CT molecular complexity index is 382. The Morgan fingerprint density at radius 2 is 2.25 bits per heavy atom. The van der Waals surface area contributed by atoms with E-state index in [-0.39, 0.29) is 17.8 Å². The Labute approximate surface area is 108 Å². The molecule has 1 rings (SSSR count). The predicted molar refractivity (Wildman–Crippen MR) is 70.5 cm³/mol. The summed E-state index contributed by atoms with van der Waals surface area (Å²) in [5.74, 6) is 0.0617. The van der Waals surface area contributed by atoms with Crippen molar-refractivity contribution in [1.29, 1.82) is 0 Å². The zero-order chi connectivity index (χ0) is 12.1. The fourth-order valence-corrected chi connectivity index (χ4v) is 2.19. The van der Waals surface area contributed by atoms with Crippen molar-refractivity contribution in [3.8, 4) is 0 Å². The summed E-state index contributed by atoms with van der Waals surface area (Å²) < 4.78 is 5.96. The molecular formula is C11H14BrNO2S. The maximum atomic E-state index is 11.3. The SMILES string of the molecule is CC(C)OC(=O)CSc1ccc(Br)cc1N. The maximum Gasteiger partial charge on any atom is 0.316 e. The number of thioether (sulfide) groups is 1. The van der Waals surface area contributed by atoms with E-state index in [9.17, 15) is 4.79 Å². The van der Waals surface area contributed by atoms with Crippen molar-refractivity contribution in [3.63, 3.8) is 0 Å². The van der Waals surface area contributed by atoms with E-state index >= 15 is 0 Å². The molecule has 0 saturated carbocycles. The maximum absolute atomic E-state index is 11.3. The van der Waals surface area contributed by atoms with Gasteiger partial charge in [0.15, 0.2) is 0 Å². The minimum absolute atomic E-state index is 0.0737. The van der Waals surface area contributed by atoms with E-state index in [1.165, 1.54) is 11.8 Å². The fraction of sp³-hybridized carbons (Fsp3) is 0.364. The molecule has 5 heteroatoms. The summed E-state index contributed by atoms with van der Waals surface area (Å²) in [4.78, 5) is 12.2. The first kappa shape index (κ1) is 13.4. The largest absolute Gasteiger partial charge is 0.462 e. The molecule has 0 aromatic heterocycles. The van der Waals surface area contributed by atoms with Gasteiger partial charge < -0.3 is 10.5 Å². The molecule has 0 unspecified atom stereocenters. The number of benzene rings is 1. The number of halogens is 1. The molecular weight excluding hydrogens is 290 g/mol. The third-order valence-corrected chi connectivity index (χ3v) is 3.24. The molecule has 1 aromatic rings. The number of carbonyl (C=O) groups is 1. The van der Waals surface area contributed by atoms with Gasteiger partial charge in [0.25, 0.3) is 0 Å². The third kappa shape index (κ3) is 4.45. The average Bonchev–Trinajstić information content (AvgIpc) is 2.15. The van der Waals surface area contributed by atoms with E-state index in [4.69, 9.17) is 10.5 Å². The summed E-state index contributed by atoms with van der Waals surface area (Å²) in [5, 5.41) is 0. The first-order valence-corrected chi connectivity index (χ1v) is 6.64. The summed E-state index contributed by atoms with van der Waals surface area (Å²) in [5.41, 5.74) is 6.47. The van der Waals surface area contributed by atoms with E-state index in [0.717, 1.165) is 9.37 Å². The number of anilines is 1. The van der Waals surface area contributed by atoms with Gasteiger partial charge in [-0.2, -0.15) is 0 Å². The molecule has 0 amide bonds. The minimum atomic E-state index is -0.220. The summed E-state index contributed by atoms with van der Waals surface area (Å²) in [7, 11) is 0. The van der Waals surface area contributed by atoms with E-state index in [1.807, 2.05) is 32.0 Å². The van der Waals surface area contributed by atoms with Gasteiger partial charge in [0, 0.05) is 15.1 Å². The average molecular weight is 304 g/mol.